The summed E-state index contributed by atoms with van der Waals surface area (Å²) in [6.07, 6.45) is 7.13. The Labute approximate surface area is 153 Å². The first-order valence-corrected chi connectivity index (χ1v) is 9.81. The molecule has 4 bridgehead atoms. The van der Waals surface area contributed by atoms with Crippen molar-refractivity contribution in [3.63, 3.8) is 0 Å². The number of carboxylic acids is 1. The summed E-state index contributed by atoms with van der Waals surface area (Å²) >= 11 is 0. The molecule has 1 aromatic carbocycles. The second-order valence-corrected chi connectivity index (χ2v) is 8.49. The number of hydrogen-bond acceptors (Lipinski definition) is 3. The summed E-state index contributed by atoms with van der Waals surface area (Å²) in [5.74, 6) is 4.44. The van der Waals surface area contributed by atoms with E-state index >= 15 is 0 Å². The van der Waals surface area contributed by atoms with Gasteiger partial charge in [0.05, 0.1) is 12.1 Å². The fourth-order valence-electron chi connectivity index (χ4n) is 5.91. The lowest BCUT2D eigenvalue weighted by Crippen LogP contribution is -2.54. The van der Waals surface area contributed by atoms with Gasteiger partial charge < -0.3 is 14.8 Å². The van der Waals surface area contributed by atoms with Crippen molar-refractivity contribution < 1.29 is 14.3 Å². The second-order valence-electron chi connectivity index (χ2n) is 8.49. The highest BCUT2D eigenvalue weighted by atomic mass is 16.4. The third-order valence-corrected chi connectivity index (χ3v) is 6.79. The fraction of sp³-hybridized carbons (Fsp3) is 0.500. The van der Waals surface area contributed by atoms with E-state index in [1.807, 2.05) is 18.2 Å². The average Bonchev–Trinajstić information content (AvgIpc) is 3.10. The second kappa shape index (κ2) is 6.27. The van der Waals surface area contributed by atoms with Crippen molar-refractivity contribution in [3.8, 4) is 11.3 Å². The SMILES string of the molecule is O=C(O)c1cccc(-c2ccc(CNC3C4CC5CC(C4)CC3C5)o2)c1. The van der Waals surface area contributed by atoms with Crippen molar-refractivity contribution in [2.75, 3.05) is 0 Å². The highest BCUT2D eigenvalue weighted by molar-refractivity contribution is 5.89. The first-order valence-electron chi connectivity index (χ1n) is 9.81. The molecule has 4 aliphatic carbocycles. The summed E-state index contributed by atoms with van der Waals surface area (Å²) in [6.45, 7) is 0.756. The molecular formula is C22H25NO3. The monoisotopic (exact) mass is 351 g/mol. The van der Waals surface area contributed by atoms with Crippen molar-refractivity contribution in [2.24, 2.45) is 23.7 Å². The quantitative estimate of drug-likeness (QED) is 0.829. The Bertz CT molecular complexity index is 796. The van der Waals surface area contributed by atoms with Gasteiger partial charge >= 0.3 is 5.97 Å². The standard InChI is InChI=1S/C22H25NO3/c24-22(25)16-3-1-2-15(11-16)20-5-4-19(26-20)12-23-21-17-7-13-6-14(9-17)10-18(21)8-13/h1-5,11,13-14,17-18,21,23H,6-10,12H2,(H,24,25). The van der Waals surface area contributed by atoms with Crippen LogP contribution in [0.4, 0.5) is 0 Å². The van der Waals surface area contributed by atoms with Crippen molar-refractivity contribution in [1.82, 2.24) is 5.32 Å². The van der Waals surface area contributed by atoms with Crippen LogP contribution in [0.25, 0.3) is 11.3 Å². The van der Waals surface area contributed by atoms with Crippen LogP contribution in [0.3, 0.4) is 0 Å². The molecule has 2 aromatic rings. The molecule has 0 spiro atoms. The average molecular weight is 351 g/mol. The summed E-state index contributed by atoms with van der Waals surface area (Å²) in [5, 5.41) is 12.9. The summed E-state index contributed by atoms with van der Waals surface area (Å²) in [4.78, 5) is 11.1. The van der Waals surface area contributed by atoms with Crippen LogP contribution in [0.5, 0.6) is 0 Å². The predicted octanol–water partition coefficient (Wildman–Crippen LogP) is 4.56. The Hall–Kier alpha value is -2.07. The van der Waals surface area contributed by atoms with Crippen LogP contribution in [-0.2, 0) is 6.54 Å². The number of nitrogens with one attached hydrogen (secondary N) is 1. The van der Waals surface area contributed by atoms with E-state index in [-0.39, 0.29) is 5.56 Å². The van der Waals surface area contributed by atoms with E-state index in [1.165, 1.54) is 32.1 Å². The Kier molecular flexibility index (Phi) is 3.89. The number of carboxylic acid groups (broad SMARTS) is 1. The van der Waals surface area contributed by atoms with Gasteiger partial charge in [-0.25, -0.2) is 4.79 Å². The first kappa shape index (κ1) is 16.1. The molecule has 4 heteroatoms. The summed E-state index contributed by atoms with van der Waals surface area (Å²) < 4.78 is 5.99. The molecule has 26 heavy (non-hydrogen) atoms. The molecule has 4 fully saturated rings. The molecule has 0 atom stereocenters. The molecule has 136 valence electrons. The van der Waals surface area contributed by atoms with Gasteiger partial charge in [-0.05, 0) is 80.0 Å². The van der Waals surface area contributed by atoms with E-state index in [4.69, 9.17) is 9.52 Å². The van der Waals surface area contributed by atoms with Crippen LogP contribution in [0, 0.1) is 23.7 Å². The normalized spacial score (nSPS) is 32.1. The van der Waals surface area contributed by atoms with E-state index in [1.54, 1.807) is 18.2 Å². The number of benzene rings is 1. The van der Waals surface area contributed by atoms with Crippen LogP contribution in [0.15, 0.2) is 40.8 Å². The molecule has 0 unspecified atom stereocenters. The van der Waals surface area contributed by atoms with Gasteiger partial charge in [-0.15, -0.1) is 0 Å². The number of carbonyl (C=O) groups is 1. The summed E-state index contributed by atoms with van der Waals surface area (Å²) in [7, 11) is 0. The number of rotatable bonds is 5. The zero-order chi connectivity index (χ0) is 17.7. The maximum absolute atomic E-state index is 11.1. The molecule has 0 radical (unpaired) electrons. The predicted molar refractivity (Wildman–Crippen MR) is 98.8 cm³/mol. The summed E-state index contributed by atoms with van der Waals surface area (Å²) in [6, 6.07) is 11.5. The fourth-order valence-corrected chi connectivity index (χ4v) is 5.91. The zero-order valence-corrected chi connectivity index (χ0v) is 14.9. The third-order valence-electron chi connectivity index (χ3n) is 6.79. The lowest BCUT2D eigenvalue weighted by molar-refractivity contribution is -0.0147. The van der Waals surface area contributed by atoms with E-state index in [0.29, 0.717) is 6.04 Å². The molecule has 1 heterocycles. The molecule has 4 saturated carbocycles. The molecule has 6 rings (SSSR count). The highest BCUT2D eigenvalue weighted by Gasteiger charge is 2.47. The van der Waals surface area contributed by atoms with Crippen LogP contribution in [0.1, 0.15) is 48.2 Å². The number of aromatic carboxylic acids is 1. The lowest BCUT2D eigenvalue weighted by atomic mass is 9.54. The lowest BCUT2D eigenvalue weighted by Gasteiger charge is -2.54. The van der Waals surface area contributed by atoms with E-state index in [2.05, 4.69) is 5.32 Å². The minimum Gasteiger partial charge on any atom is -0.478 e. The highest BCUT2D eigenvalue weighted by Crippen LogP contribution is 2.53. The minimum atomic E-state index is -0.915. The molecule has 1 aromatic heterocycles. The van der Waals surface area contributed by atoms with Crippen molar-refractivity contribution in [3.05, 3.63) is 47.7 Å². The van der Waals surface area contributed by atoms with Crippen LogP contribution < -0.4 is 5.32 Å². The van der Waals surface area contributed by atoms with Crippen LogP contribution >= 0.6 is 0 Å². The van der Waals surface area contributed by atoms with Crippen molar-refractivity contribution in [1.29, 1.82) is 0 Å². The zero-order valence-electron chi connectivity index (χ0n) is 14.9. The molecule has 0 aliphatic heterocycles. The minimum absolute atomic E-state index is 0.284. The molecule has 0 saturated heterocycles. The molecule has 4 nitrogen and oxygen atoms in total. The van der Waals surface area contributed by atoms with Gasteiger partial charge in [-0.2, -0.15) is 0 Å². The van der Waals surface area contributed by atoms with Gasteiger partial charge in [-0.3, -0.25) is 0 Å². The van der Waals surface area contributed by atoms with Gasteiger partial charge in [-0.1, -0.05) is 12.1 Å². The summed E-state index contributed by atoms with van der Waals surface area (Å²) in [5.41, 5.74) is 1.10. The maximum Gasteiger partial charge on any atom is 0.335 e. The van der Waals surface area contributed by atoms with Gasteiger partial charge in [0.25, 0.3) is 0 Å². The topological polar surface area (TPSA) is 62.5 Å². The van der Waals surface area contributed by atoms with Crippen molar-refractivity contribution >= 4 is 5.97 Å². The number of furan rings is 1. The smallest absolute Gasteiger partial charge is 0.335 e. The van der Waals surface area contributed by atoms with E-state index in [9.17, 15) is 4.79 Å². The van der Waals surface area contributed by atoms with Gasteiger partial charge in [0.1, 0.15) is 11.5 Å². The van der Waals surface area contributed by atoms with Crippen molar-refractivity contribution in [2.45, 2.75) is 44.7 Å². The maximum atomic E-state index is 11.1. The van der Waals surface area contributed by atoms with Crippen LogP contribution in [0.2, 0.25) is 0 Å². The van der Waals surface area contributed by atoms with Gasteiger partial charge in [0.2, 0.25) is 0 Å². The Morgan fingerprint density at radius 1 is 1.04 bits per heavy atom. The van der Waals surface area contributed by atoms with E-state index in [0.717, 1.165) is 47.3 Å². The molecule has 0 amide bonds. The largest absolute Gasteiger partial charge is 0.478 e. The first-order chi connectivity index (χ1) is 12.7. The Morgan fingerprint density at radius 2 is 1.77 bits per heavy atom. The van der Waals surface area contributed by atoms with Gasteiger partial charge in [0, 0.05) is 11.6 Å². The third kappa shape index (κ3) is 2.86. The Morgan fingerprint density at radius 3 is 2.46 bits per heavy atom. The van der Waals surface area contributed by atoms with Gasteiger partial charge in [0.15, 0.2) is 0 Å². The molecule has 4 aliphatic rings. The van der Waals surface area contributed by atoms with Crippen LogP contribution in [-0.4, -0.2) is 17.1 Å². The van der Waals surface area contributed by atoms with E-state index < -0.39 is 5.97 Å². The number of hydrogen-bond donors (Lipinski definition) is 2. The molecule has 2 N–H and O–H groups in total. The Balaban J connectivity index is 1.27. The molecular weight excluding hydrogens is 326 g/mol.